The van der Waals surface area contributed by atoms with Gasteiger partial charge >= 0.3 is 11.8 Å². The number of nitro groups is 1. The van der Waals surface area contributed by atoms with E-state index in [0.29, 0.717) is 11.1 Å². The van der Waals surface area contributed by atoms with Crippen LogP contribution >= 0.6 is 11.6 Å². The smallest absolute Gasteiger partial charge is 0.400 e. The van der Waals surface area contributed by atoms with E-state index in [1.54, 1.807) is 24.3 Å². The monoisotopic (exact) mass is 290 g/mol. The van der Waals surface area contributed by atoms with Crippen LogP contribution in [0.4, 0.5) is 5.69 Å². The molecule has 0 saturated carbocycles. The molecule has 2 aromatic carbocycles. The Morgan fingerprint density at radius 1 is 1.25 bits per heavy atom. The van der Waals surface area contributed by atoms with Crippen molar-refractivity contribution in [2.75, 3.05) is 0 Å². The van der Waals surface area contributed by atoms with Gasteiger partial charge in [0.25, 0.3) is 0 Å². The Labute approximate surface area is 117 Å². The van der Waals surface area contributed by atoms with Gasteiger partial charge in [-0.1, -0.05) is 23.7 Å². The lowest BCUT2D eigenvalue weighted by atomic mass is 10.3. The van der Waals surface area contributed by atoms with Gasteiger partial charge in [-0.05, 0) is 24.3 Å². The summed E-state index contributed by atoms with van der Waals surface area (Å²) in [7, 11) is 0. The molecule has 0 unspecified atom stereocenters. The summed E-state index contributed by atoms with van der Waals surface area (Å²) in [4.78, 5) is 14.5. The second-order valence-electron chi connectivity index (χ2n) is 3.92. The van der Waals surface area contributed by atoms with Crippen molar-refractivity contribution >= 4 is 28.4 Å². The average molecular weight is 291 g/mol. The van der Waals surface area contributed by atoms with Crippen molar-refractivity contribution in [3.63, 3.8) is 0 Å². The average Bonchev–Trinajstić information content (AvgIpc) is 2.82. The summed E-state index contributed by atoms with van der Waals surface area (Å²) < 4.78 is 10.7. The predicted molar refractivity (Wildman–Crippen MR) is 72.2 cm³/mol. The van der Waals surface area contributed by atoms with E-state index < -0.39 is 4.92 Å². The number of fused-ring (bicyclic) bond motifs is 1. The lowest BCUT2D eigenvalue weighted by Gasteiger charge is -2.01. The normalized spacial score (nSPS) is 10.7. The van der Waals surface area contributed by atoms with Crippen molar-refractivity contribution in [1.29, 1.82) is 0 Å². The largest absolute Gasteiger partial charge is 0.409 e. The summed E-state index contributed by atoms with van der Waals surface area (Å²) in [6.07, 6.45) is -0.0587. The van der Waals surface area contributed by atoms with E-state index in [9.17, 15) is 10.1 Å². The fourth-order valence-corrected chi connectivity index (χ4v) is 1.87. The van der Waals surface area contributed by atoms with Gasteiger partial charge in [0.1, 0.15) is 5.52 Å². The number of nitrogens with zero attached hydrogens (tertiary/aromatic N) is 2. The molecule has 0 radical (unpaired) electrons. The quantitative estimate of drug-likeness (QED) is 0.534. The number of aromatic nitrogens is 1. The molecule has 3 aromatic rings. The van der Waals surface area contributed by atoms with Crippen LogP contribution in [0, 0.1) is 10.1 Å². The fraction of sp³-hybridized carbons (Fsp3) is 0. The number of rotatable bonds is 3. The van der Waals surface area contributed by atoms with Crippen molar-refractivity contribution in [2.45, 2.75) is 0 Å². The lowest BCUT2D eigenvalue weighted by Crippen LogP contribution is -1.93. The number of benzene rings is 2. The van der Waals surface area contributed by atoms with Crippen molar-refractivity contribution in [3.05, 3.63) is 57.6 Å². The Kier molecular flexibility index (Phi) is 3.00. The van der Waals surface area contributed by atoms with Crippen LogP contribution in [-0.4, -0.2) is 9.91 Å². The summed E-state index contributed by atoms with van der Waals surface area (Å²) >= 11 is 5.73. The van der Waals surface area contributed by atoms with Crippen LogP contribution in [0.2, 0.25) is 5.02 Å². The molecule has 0 N–H and O–H groups in total. The van der Waals surface area contributed by atoms with E-state index in [2.05, 4.69) is 4.98 Å². The first-order chi connectivity index (χ1) is 9.63. The van der Waals surface area contributed by atoms with E-state index in [-0.39, 0.29) is 22.5 Å². The molecule has 20 heavy (non-hydrogen) atoms. The molecular weight excluding hydrogens is 284 g/mol. The number of hydrogen-bond acceptors (Lipinski definition) is 5. The van der Waals surface area contributed by atoms with Gasteiger partial charge in [0.2, 0.25) is 5.75 Å². The highest BCUT2D eigenvalue weighted by molar-refractivity contribution is 6.30. The highest BCUT2D eigenvalue weighted by Gasteiger charge is 2.18. The van der Waals surface area contributed by atoms with Gasteiger partial charge in [-0.2, -0.15) is 4.98 Å². The second-order valence-corrected chi connectivity index (χ2v) is 4.36. The zero-order valence-electron chi connectivity index (χ0n) is 9.95. The topological polar surface area (TPSA) is 78.4 Å². The minimum Gasteiger partial charge on any atom is -0.409 e. The number of ether oxygens (including phenoxy) is 1. The van der Waals surface area contributed by atoms with E-state index in [1.807, 2.05) is 0 Å². The van der Waals surface area contributed by atoms with Gasteiger partial charge in [0, 0.05) is 11.1 Å². The van der Waals surface area contributed by atoms with Gasteiger partial charge in [-0.25, -0.2) is 0 Å². The summed E-state index contributed by atoms with van der Waals surface area (Å²) in [5.41, 5.74) is 0.901. The molecule has 3 rings (SSSR count). The zero-order valence-corrected chi connectivity index (χ0v) is 10.7. The van der Waals surface area contributed by atoms with Gasteiger partial charge in [0.05, 0.1) is 4.92 Å². The number of hydrogen-bond donors (Lipinski definition) is 0. The minimum absolute atomic E-state index is 0.0194. The molecule has 100 valence electrons. The summed E-state index contributed by atoms with van der Waals surface area (Å²) in [6.45, 7) is 0. The van der Waals surface area contributed by atoms with E-state index in [0.717, 1.165) is 0 Å². The van der Waals surface area contributed by atoms with E-state index in [1.165, 1.54) is 18.2 Å². The van der Waals surface area contributed by atoms with Crippen molar-refractivity contribution in [1.82, 2.24) is 4.98 Å². The van der Waals surface area contributed by atoms with Gasteiger partial charge < -0.3 is 9.15 Å². The maximum absolute atomic E-state index is 11.0. The first-order valence-electron chi connectivity index (χ1n) is 5.61. The number of halogens is 1. The Bertz CT molecular complexity index is 767. The summed E-state index contributed by atoms with van der Waals surface area (Å²) in [6, 6.07) is 11.2. The van der Waals surface area contributed by atoms with Crippen molar-refractivity contribution in [2.24, 2.45) is 0 Å². The van der Waals surface area contributed by atoms with Crippen LogP contribution in [0.15, 0.2) is 46.9 Å². The highest BCUT2D eigenvalue weighted by Crippen LogP contribution is 2.34. The third kappa shape index (κ3) is 2.28. The predicted octanol–water partition coefficient (Wildman–Crippen LogP) is 4.18. The zero-order chi connectivity index (χ0) is 14.1. The SMILES string of the molecule is O=[N+]([O-])c1cc(Cl)ccc1Oc1nc2ccccc2o1. The van der Waals surface area contributed by atoms with Crippen molar-refractivity contribution in [3.8, 4) is 11.8 Å². The molecule has 0 saturated heterocycles. The van der Waals surface area contributed by atoms with Crippen LogP contribution in [0.3, 0.4) is 0 Å². The third-order valence-electron chi connectivity index (χ3n) is 2.59. The standard InChI is InChI=1S/C13H7ClN2O4/c14-8-5-6-12(10(7-8)16(17)18)20-13-15-9-3-1-2-4-11(9)19-13/h1-7H. The molecule has 0 spiro atoms. The molecule has 0 fully saturated rings. The molecule has 0 aliphatic rings. The molecule has 0 atom stereocenters. The Morgan fingerprint density at radius 2 is 2.05 bits per heavy atom. The highest BCUT2D eigenvalue weighted by atomic mass is 35.5. The van der Waals surface area contributed by atoms with Crippen molar-refractivity contribution < 1.29 is 14.1 Å². The molecule has 7 heteroatoms. The molecule has 0 aliphatic carbocycles. The van der Waals surface area contributed by atoms with Gasteiger partial charge in [-0.3, -0.25) is 10.1 Å². The molecule has 1 aromatic heterocycles. The molecule has 0 aliphatic heterocycles. The van der Waals surface area contributed by atoms with Crippen LogP contribution in [0.1, 0.15) is 0 Å². The third-order valence-corrected chi connectivity index (χ3v) is 2.82. The van der Waals surface area contributed by atoms with Crippen LogP contribution in [0.25, 0.3) is 11.1 Å². The van der Waals surface area contributed by atoms with Crippen LogP contribution in [-0.2, 0) is 0 Å². The molecular formula is C13H7ClN2O4. The van der Waals surface area contributed by atoms with Gasteiger partial charge in [0.15, 0.2) is 5.58 Å². The minimum atomic E-state index is -0.579. The van der Waals surface area contributed by atoms with E-state index in [4.69, 9.17) is 20.8 Å². The number of oxazole rings is 1. The second kappa shape index (κ2) is 4.82. The van der Waals surface area contributed by atoms with Crippen LogP contribution < -0.4 is 4.74 Å². The first kappa shape index (κ1) is 12.4. The molecule has 6 nitrogen and oxygen atoms in total. The van der Waals surface area contributed by atoms with Crippen LogP contribution in [0.5, 0.6) is 11.8 Å². The first-order valence-corrected chi connectivity index (χ1v) is 5.98. The lowest BCUT2D eigenvalue weighted by molar-refractivity contribution is -0.385. The maximum atomic E-state index is 11.0. The number of para-hydroxylation sites is 2. The Hall–Kier alpha value is -2.60. The summed E-state index contributed by atoms with van der Waals surface area (Å²) in [5, 5.41) is 11.2. The molecule has 0 amide bonds. The Balaban J connectivity index is 2.00. The molecule has 1 heterocycles. The fourth-order valence-electron chi connectivity index (χ4n) is 1.71. The maximum Gasteiger partial charge on any atom is 0.400 e. The molecule has 0 bridgehead atoms. The van der Waals surface area contributed by atoms with E-state index >= 15 is 0 Å². The number of nitro benzene ring substituents is 1. The van der Waals surface area contributed by atoms with Gasteiger partial charge in [-0.15, -0.1) is 0 Å². The summed E-state index contributed by atoms with van der Waals surface area (Å²) in [5.74, 6) is 0.0194. The Morgan fingerprint density at radius 3 is 2.80 bits per heavy atom.